The minimum absolute atomic E-state index is 0.00295. The maximum atomic E-state index is 17.4. The zero-order valence-corrected chi connectivity index (χ0v) is 24.9. The Bertz CT molecular complexity index is 1180. The fraction of sp³-hybridized carbons (Fsp3) is 0.781. The lowest BCUT2D eigenvalue weighted by Crippen LogP contribution is -2.71. The maximum Gasteiger partial charge on any atom is 0.509 e. The van der Waals surface area contributed by atoms with E-state index in [2.05, 4.69) is 20.8 Å². The van der Waals surface area contributed by atoms with Crippen LogP contribution < -0.4 is 0 Å². The summed E-state index contributed by atoms with van der Waals surface area (Å²) < 4.78 is 44.9. The number of carboxylic acids is 1. The van der Waals surface area contributed by atoms with Gasteiger partial charge in [0.15, 0.2) is 11.5 Å². The van der Waals surface area contributed by atoms with Crippen LogP contribution >= 0.6 is 0 Å². The number of halogens is 2. The highest BCUT2D eigenvalue weighted by Gasteiger charge is 2.78. The predicted molar refractivity (Wildman–Crippen MR) is 146 cm³/mol. The zero-order chi connectivity index (χ0) is 30.3. The average Bonchev–Trinajstić information content (AvgIpc) is 3.09. The number of allylic oxidation sites excluding steroid dienone is 4. The molecule has 5 aliphatic carbocycles. The average molecular weight is 579 g/mol. The van der Waals surface area contributed by atoms with Gasteiger partial charge in [-0.2, -0.15) is 0 Å². The van der Waals surface area contributed by atoms with Crippen LogP contribution in [0.25, 0.3) is 0 Å². The molecule has 0 saturated heterocycles. The summed E-state index contributed by atoms with van der Waals surface area (Å²) >= 11 is 0. The molecule has 41 heavy (non-hydrogen) atoms. The van der Waals surface area contributed by atoms with E-state index in [4.69, 9.17) is 9.47 Å². The Balaban J connectivity index is 1.50. The maximum absolute atomic E-state index is 17.4. The van der Waals surface area contributed by atoms with Crippen molar-refractivity contribution in [1.29, 1.82) is 0 Å². The van der Waals surface area contributed by atoms with Gasteiger partial charge in [-0.3, -0.25) is 4.79 Å². The smallest absolute Gasteiger partial charge is 0.478 e. The van der Waals surface area contributed by atoms with Gasteiger partial charge in [-0.1, -0.05) is 47.1 Å². The first kappa shape index (κ1) is 30.2. The molecule has 228 valence electrons. The number of ether oxygens (including phenoxy) is 2. The van der Waals surface area contributed by atoms with Crippen LogP contribution in [0.5, 0.6) is 0 Å². The summed E-state index contributed by atoms with van der Waals surface area (Å²) in [5, 5.41) is 22.2. The second-order valence-electron chi connectivity index (χ2n) is 14.4. The SMILES string of the molecule is CC(C)[C@H]1CC[C@H](C)C[C@@H]1OC(=O)O[C@]1(C(=O)O)[C@H](C)C[C@H]2[C@@H]3C[C@H](F)C4=CC(=O)C=C[C@]4(C)[C@@]3(F)[C@@H](O)C[C@@]21C. The lowest BCUT2D eigenvalue weighted by Gasteiger charge is -2.62. The predicted octanol–water partition coefficient (Wildman–Crippen LogP) is 5.99. The van der Waals surface area contributed by atoms with Crippen LogP contribution in [0.3, 0.4) is 0 Å². The number of aliphatic hydroxyl groups excluding tert-OH is 1. The monoisotopic (exact) mass is 578 g/mol. The molecule has 0 spiro atoms. The molecule has 5 aliphatic rings. The van der Waals surface area contributed by atoms with E-state index < -0.39 is 76.1 Å². The molecule has 4 fully saturated rings. The minimum atomic E-state index is -2.35. The quantitative estimate of drug-likeness (QED) is 0.395. The van der Waals surface area contributed by atoms with Crippen molar-refractivity contribution in [2.45, 2.75) is 110 Å². The Morgan fingerprint density at radius 3 is 2.41 bits per heavy atom. The van der Waals surface area contributed by atoms with E-state index in [0.717, 1.165) is 18.9 Å². The van der Waals surface area contributed by atoms with Gasteiger partial charge in [0.25, 0.3) is 0 Å². The molecule has 0 heterocycles. The summed E-state index contributed by atoms with van der Waals surface area (Å²) in [4.78, 5) is 38.6. The van der Waals surface area contributed by atoms with Gasteiger partial charge in [-0.15, -0.1) is 0 Å². The topological polar surface area (TPSA) is 110 Å². The molecular formula is C32H44F2O7. The summed E-state index contributed by atoms with van der Waals surface area (Å²) in [6.07, 6.45) is 0.967. The number of fused-ring (bicyclic) bond motifs is 5. The molecule has 0 aromatic carbocycles. The normalized spacial score (nSPS) is 49.0. The van der Waals surface area contributed by atoms with Gasteiger partial charge in [0.2, 0.25) is 5.60 Å². The van der Waals surface area contributed by atoms with Gasteiger partial charge in [-0.05, 0) is 80.4 Å². The molecule has 0 unspecified atom stereocenters. The van der Waals surface area contributed by atoms with Crippen molar-refractivity contribution < 1.29 is 42.9 Å². The highest BCUT2D eigenvalue weighted by Crippen LogP contribution is 2.71. The Morgan fingerprint density at radius 2 is 1.78 bits per heavy atom. The molecule has 7 nitrogen and oxygen atoms in total. The molecule has 0 amide bonds. The van der Waals surface area contributed by atoms with E-state index in [0.29, 0.717) is 12.3 Å². The zero-order valence-electron chi connectivity index (χ0n) is 24.9. The fourth-order valence-corrected chi connectivity index (χ4v) is 9.77. The van der Waals surface area contributed by atoms with Crippen molar-refractivity contribution in [3.8, 4) is 0 Å². The van der Waals surface area contributed by atoms with Crippen molar-refractivity contribution in [3.63, 3.8) is 0 Å². The van der Waals surface area contributed by atoms with Crippen LogP contribution in [-0.4, -0.2) is 57.8 Å². The van der Waals surface area contributed by atoms with Gasteiger partial charge in [0.05, 0.1) is 6.10 Å². The third-order valence-corrected chi connectivity index (χ3v) is 11.9. The van der Waals surface area contributed by atoms with E-state index in [1.54, 1.807) is 13.8 Å². The van der Waals surface area contributed by atoms with Crippen LogP contribution in [0.1, 0.15) is 80.1 Å². The lowest BCUT2D eigenvalue weighted by molar-refractivity contribution is -0.232. The largest absolute Gasteiger partial charge is 0.509 e. The van der Waals surface area contributed by atoms with Crippen molar-refractivity contribution in [3.05, 3.63) is 23.8 Å². The van der Waals surface area contributed by atoms with Crippen LogP contribution in [-0.2, 0) is 19.1 Å². The number of ketones is 1. The lowest BCUT2D eigenvalue weighted by atomic mass is 9.44. The van der Waals surface area contributed by atoms with E-state index in [-0.39, 0.29) is 36.7 Å². The fourth-order valence-electron chi connectivity index (χ4n) is 9.77. The number of carboxylic acid groups (broad SMARTS) is 1. The molecule has 0 bridgehead atoms. The molecule has 5 rings (SSSR count). The Kier molecular flexibility index (Phi) is 7.27. The van der Waals surface area contributed by atoms with E-state index in [1.807, 2.05) is 0 Å². The van der Waals surface area contributed by atoms with Crippen molar-refractivity contribution >= 4 is 17.9 Å². The Morgan fingerprint density at radius 1 is 1.10 bits per heavy atom. The molecule has 0 aliphatic heterocycles. The summed E-state index contributed by atoms with van der Waals surface area (Å²) in [6, 6.07) is 0. The second kappa shape index (κ2) is 9.88. The number of aliphatic carboxylic acids is 1. The Hall–Kier alpha value is -2.29. The van der Waals surface area contributed by atoms with Gasteiger partial charge in [-0.25, -0.2) is 18.4 Å². The number of carbonyl (C=O) groups is 3. The number of hydrogen-bond donors (Lipinski definition) is 2. The summed E-state index contributed by atoms with van der Waals surface area (Å²) in [5.74, 6) is -3.63. The van der Waals surface area contributed by atoms with Crippen molar-refractivity contribution in [2.75, 3.05) is 0 Å². The molecule has 0 aromatic heterocycles. The number of rotatable bonds is 4. The third kappa shape index (κ3) is 4.07. The molecule has 9 heteroatoms. The Labute approximate surface area is 240 Å². The van der Waals surface area contributed by atoms with E-state index in [9.17, 15) is 24.6 Å². The number of aliphatic hydroxyl groups is 1. The molecule has 2 N–H and O–H groups in total. The third-order valence-electron chi connectivity index (χ3n) is 11.9. The van der Waals surface area contributed by atoms with E-state index >= 15 is 8.78 Å². The molecular weight excluding hydrogens is 534 g/mol. The standard InChI is InChI=1S/C32H44F2O7/c1-16(2)20-8-7-17(3)11-25(20)40-28(39)41-32(27(37)38)18(4)12-21-22-14-24(33)23-13-19(35)9-10-29(23,5)31(22,34)26(36)15-30(21,32)6/h9-10,13,16-18,20-22,24-26,36H,7-8,11-12,14-15H2,1-6H3,(H,37,38)/t17-,18+,20+,21-,22-,24-,25-,26-,29-,30-,31-,32-/m0/s1. The number of hydrogen-bond acceptors (Lipinski definition) is 6. The molecule has 0 radical (unpaired) electrons. The van der Waals surface area contributed by atoms with Crippen LogP contribution in [0.15, 0.2) is 23.8 Å². The van der Waals surface area contributed by atoms with Gasteiger partial charge in [0.1, 0.15) is 12.3 Å². The first-order valence-electron chi connectivity index (χ1n) is 15.1. The summed E-state index contributed by atoms with van der Waals surface area (Å²) in [7, 11) is 0. The van der Waals surface area contributed by atoms with Crippen LogP contribution in [0, 0.1) is 46.3 Å². The van der Waals surface area contributed by atoms with Gasteiger partial charge >= 0.3 is 12.1 Å². The number of carbonyl (C=O) groups excluding carboxylic acids is 2. The molecule has 4 saturated carbocycles. The highest BCUT2D eigenvalue weighted by molar-refractivity contribution is 6.01. The van der Waals surface area contributed by atoms with Gasteiger partial charge in [0, 0.05) is 22.7 Å². The first-order valence-corrected chi connectivity index (χ1v) is 15.1. The summed E-state index contributed by atoms with van der Waals surface area (Å²) in [5.41, 5.74) is -7.43. The van der Waals surface area contributed by atoms with E-state index in [1.165, 1.54) is 19.1 Å². The van der Waals surface area contributed by atoms with Crippen molar-refractivity contribution in [2.24, 2.45) is 46.3 Å². The molecule has 0 aromatic rings. The molecule has 12 atom stereocenters. The highest BCUT2D eigenvalue weighted by atomic mass is 19.1. The second-order valence-corrected chi connectivity index (χ2v) is 14.4. The van der Waals surface area contributed by atoms with Crippen LogP contribution in [0.4, 0.5) is 13.6 Å². The van der Waals surface area contributed by atoms with Crippen molar-refractivity contribution in [1.82, 2.24) is 0 Å². The first-order chi connectivity index (χ1) is 19.0. The summed E-state index contributed by atoms with van der Waals surface area (Å²) in [6.45, 7) is 11.0. The number of alkyl halides is 2. The minimum Gasteiger partial charge on any atom is -0.478 e. The van der Waals surface area contributed by atoms with Gasteiger partial charge < -0.3 is 19.7 Å². The van der Waals surface area contributed by atoms with Crippen LogP contribution in [0.2, 0.25) is 0 Å².